The molecule has 0 unspecified atom stereocenters. The lowest BCUT2D eigenvalue weighted by Crippen LogP contribution is -2.16. The van der Waals surface area contributed by atoms with Crippen LogP contribution in [-0.4, -0.2) is 11.9 Å². The first-order valence-electron chi connectivity index (χ1n) is 8.05. The Morgan fingerprint density at radius 2 is 1.71 bits per heavy atom. The summed E-state index contributed by atoms with van der Waals surface area (Å²) < 4.78 is 5.08. The normalized spacial score (nSPS) is 12.3. The number of hydrogen-bond donors (Lipinski definition) is 0. The Kier molecular flexibility index (Phi) is 3.62. The van der Waals surface area contributed by atoms with Gasteiger partial charge in [-0.05, 0) is 46.4 Å². The minimum Gasteiger partial charge on any atom is -0.389 e. The summed E-state index contributed by atoms with van der Waals surface area (Å²) >= 11 is 0. The molecule has 4 rings (SSSR count). The maximum absolute atomic E-state index is 12.4. The molecule has 0 saturated heterocycles. The van der Waals surface area contributed by atoms with E-state index in [9.17, 15) is 9.59 Å². The lowest BCUT2D eigenvalue weighted by molar-refractivity contribution is -0.137. The Balaban J connectivity index is 1.58. The Morgan fingerprint density at radius 3 is 2.54 bits per heavy atom. The van der Waals surface area contributed by atoms with E-state index in [1.54, 1.807) is 6.07 Å². The topological polar surface area (TPSA) is 43.4 Å². The van der Waals surface area contributed by atoms with E-state index in [4.69, 9.17) is 4.74 Å². The molecule has 0 heterocycles. The van der Waals surface area contributed by atoms with Gasteiger partial charge in [0.1, 0.15) is 0 Å². The van der Waals surface area contributed by atoms with Gasteiger partial charge in [0, 0.05) is 0 Å². The van der Waals surface area contributed by atoms with Crippen molar-refractivity contribution in [3.05, 3.63) is 82.9 Å². The molecular weight excluding hydrogens is 300 g/mol. The highest BCUT2D eigenvalue weighted by molar-refractivity contribution is 6.04. The first-order valence-corrected chi connectivity index (χ1v) is 8.05. The van der Waals surface area contributed by atoms with Crippen LogP contribution in [0.4, 0.5) is 0 Å². The zero-order valence-electron chi connectivity index (χ0n) is 13.1. The first-order chi connectivity index (χ1) is 11.7. The van der Waals surface area contributed by atoms with Crippen LogP contribution in [0.25, 0.3) is 10.8 Å². The van der Waals surface area contributed by atoms with Crippen molar-refractivity contribution in [3.63, 3.8) is 0 Å². The minimum atomic E-state index is -0.551. The van der Waals surface area contributed by atoms with E-state index in [1.165, 1.54) is 5.56 Å². The molecule has 0 fully saturated rings. The summed E-state index contributed by atoms with van der Waals surface area (Å²) in [4.78, 5) is 24.5. The highest BCUT2D eigenvalue weighted by atomic mass is 16.6. The number of ether oxygens (including phenoxy) is 1. The number of carbonyl (C=O) groups is 2. The third kappa shape index (κ3) is 2.58. The second kappa shape index (κ2) is 5.93. The van der Waals surface area contributed by atoms with Crippen LogP contribution in [0.5, 0.6) is 0 Å². The summed E-state index contributed by atoms with van der Waals surface area (Å²) in [7, 11) is 0. The number of benzene rings is 3. The zero-order chi connectivity index (χ0) is 16.5. The average molecular weight is 316 g/mol. The quantitative estimate of drug-likeness (QED) is 0.544. The van der Waals surface area contributed by atoms with E-state index < -0.39 is 11.9 Å². The fourth-order valence-corrected chi connectivity index (χ4v) is 3.41. The van der Waals surface area contributed by atoms with E-state index in [2.05, 4.69) is 6.07 Å². The molecule has 0 aliphatic heterocycles. The van der Waals surface area contributed by atoms with Gasteiger partial charge >= 0.3 is 11.9 Å². The standard InChI is InChI=1S/C21H16O3/c22-19(13-14-5-2-1-3-6-14)24-21(23)18-12-10-16-8-4-7-15-9-11-17(18)20(15)16/h1-8,10,12H,9,11,13H2. The third-order valence-electron chi connectivity index (χ3n) is 4.50. The number of aryl methyl sites for hydroxylation is 2. The third-order valence-corrected chi connectivity index (χ3v) is 4.50. The Labute approximate surface area is 139 Å². The van der Waals surface area contributed by atoms with Crippen molar-refractivity contribution in [2.24, 2.45) is 0 Å². The zero-order valence-corrected chi connectivity index (χ0v) is 13.1. The van der Waals surface area contributed by atoms with Gasteiger partial charge in [-0.3, -0.25) is 4.79 Å². The lowest BCUT2D eigenvalue weighted by Gasteiger charge is -2.08. The Hall–Kier alpha value is -2.94. The molecule has 0 saturated carbocycles. The van der Waals surface area contributed by atoms with Crippen LogP contribution in [0.15, 0.2) is 60.7 Å². The molecule has 0 radical (unpaired) electrons. The first kappa shape index (κ1) is 14.6. The molecule has 1 aliphatic carbocycles. The smallest absolute Gasteiger partial charge is 0.346 e. The fraction of sp³-hybridized carbons (Fsp3) is 0.143. The molecule has 0 aromatic heterocycles. The van der Waals surface area contributed by atoms with E-state index in [0.717, 1.165) is 34.7 Å². The molecule has 0 N–H and O–H groups in total. The minimum absolute atomic E-state index is 0.0980. The summed E-state index contributed by atoms with van der Waals surface area (Å²) in [5.74, 6) is -1.07. The van der Waals surface area contributed by atoms with E-state index >= 15 is 0 Å². The monoisotopic (exact) mass is 316 g/mol. The van der Waals surface area contributed by atoms with Gasteiger partial charge in [-0.25, -0.2) is 4.79 Å². The van der Waals surface area contributed by atoms with Crippen molar-refractivity contribution in [1.29, 1.82) is 0 Å². The second-order valence-corrected chi connectivity index (χ2v) is 6.03. The maximum Gasteiger partial charge on any atom is 0.346 e. The predicted molar refractivity (Wildman–Crippen MR) is 91.9 cm³/mol. The van der Waals surface area contributed by atoms with E-state index in [1.807, 2.05) is 48.5 Å². The highest BCUT2D eigenvalue weighted by Crippen LogP contribution is 2.33. The molecule has 3 nitrogen and oxygen atoms in total. The summed E-state index contributed by atoms with van der Waals surface area (Å²) in [6.07, 6.45) is 1.84. The van der Waals surface area contributed by atoms with Crippen molar-refractivity contribution in [3.8, 4) is 0 Å². The van der Waals surface area contributed by atoms with Gasteiger partial charge < -0.3 is 4.74 Å². The van der Waals surface area contributed by atoms with Gasteiger partial charge in [0.05, 0.1) is 12.0 Å². The van der Waals surface area contributed by atoms with Gasteiger partial charge in [0.2, 0.25) is 0 Å². The number of hydrogen-bond acceptors (Lipinski definition) is 3. The summed E-state index contributed by atoms with van der Waals surface area (Å²) in [6, 6.07) is 19.1. The van der Waals surface area contributed by atoms with E-state index in [0.29, 0.717) is 5.56 Å². The van der Waals surface area contributed by atoms with Crippen LogP contribution in [0.2, 0.25) is 0 Å². The van der Waals surface area contributed by atoms with Gasteiger partial charge in [-0.1, -0.05) is 54.6 Å². The molecule has 0 atom stereocenters. The number of rotatable bonds is 3. The van der Waals surface area contributed by atoms with Crippen molar-refractivity contribution < 1.29 is 14.3 Å². The van der Waals surface area contributed by atoms with Crippen LogP contribution in [-0.2, 0) is 28.8 Å². The molecule has 3 heteroatoms. The number of carbonyl (C=O) groups excluding carboxylic acids is 2. The summed E-state index contributed by atoms with van der Waals surface area (Å²) in [5, 5.41) is 2.27. The SMILES string of the molecule is O=C(Cc1ccccc1)OC(=O)c1ccc2cccc3c2c1CC3. The molecule has 1 aliphatic rings. The second-order valence-electron chi connectivity index (χ2n) is 6.03. The largest absolute Gasteiger partial charge is 0.389 e. The van der Waals surface area contributed by atoms with Gasteiger partial charge in [0.15, 0.2) is 0 Å². The molecule has 3 aromatic rings. The van der Waals surface area contributed by atoms with E-state index in [-0.39, 0.29) is 6.42 Å². The van der Waals surface area contributed by atoms with Crippen molar-refractivity contribution in [1.82, 2.24) is 0 Å². The number of esters is 2. The van der Waals surface area contributed by atoms with Crippen LogP contribution in [0, 0.1) is 0 Å². The average Bonchev–Trinajstić information content (AvgIpc) is 3.02. The lowest BCUT2D eigenvalue weighted by atomic mass is 10.0. The van der Waals surface area contributed by atoms with Crippen molar-refractivity contribution in [2.75, 3.05) is 0 Å². The van der Waals surface area contributed by atoms with Gasteiger partial charge in [-0.2, -0.15) is 0 Å². The molecule has 3 aromatic carbocycles. The Bertz CT molecular complexity index is 942. The van der Waals surface area contributed by atoms with Crippen LogP contribution in [0.3, 0.4) is 0 Å². The molecule has 118 valence electrons. The van der Waals surface area contributed by atoms with Gasteiger partial charge in [-0.15, -0.1) is 0 Å². The van der Waals surface area contributed by atoms with Crippen molar-refractivity contribution in [2.45, 2.75) is 19.3 Å². The van der Waals surface area contributed by atoms with Gasteiger partial charge in [0.25, 0.3) is 0 Å². The predicted octanol–water partition coefficient (Wildman–Crippen LogP) is 3.86. The van der Waals surface area contributed by atoms with Crippen LogP contribution < -0.4 is 0 Å². The summed E-state index contributed by atoms with van der Waals surface area (Å²) in [5.41, 5.74) is 3.60. The Morgan fingerprint density at radius 1 is 0.875 bits per heavy atom. The molecule has 24 heavy (non-hydrogen) atoms. The maximum atomic E-state index is 12.4. The molecule has 0 spiro atoms. The summed E-state index contributed by atoms with van der Waals surface area (Å²) in [6.45, 7) is 0. The highest BCUT2D eigenvalue weighted by Gasteiger charge is 2.23. The van der Waals surface area contributed by atoms with Crippen LogP contribution >= 0.6 is 0 Å². The molecule has 0 bridgehead atoms. The molecule has 0 amide bonds. The van der Waals surface area contributed by atoms with Crippen LogP contribution in [0.1, 0.15) is 27.0 Å². The molecular formula is C21H16O3. The van der Waals surface area contributed by atoms with Crippen molar-refractivity contribution >= 4 is 22.7 Å². The fourth-order valence-electron chi connectivity index (χ4n) is 3.41.